The molecule has 0 amide bonds. The van der Waals surface area contributed by atoms with Crippen LogP contribution in [0.2, 0.25) is 0 Å². The fraction of sp³-hybridized carbons (Fsp3) is 0.786. The Kier molecular flexibility index (Phi) is 13.4. The predicted molar refractivity (Wildman–Crippen MR) is 131 cm³/mol. The monoisotopic (exact) mass is 415 g/mol. The number of hydrogen-bond acceptors (Lipinski definition) is 2. The Morgan fingerprint density at radius 3 is 1.80 bits per heavy atom. The largest absolute Gasteiger partial charge is 0.392 e. The molecule has 1 aromatic carbocycles. The molecule has 30 heavy (non-hydrogen) atoms. The Hall–Kier alpha value is -0.860. The van der Waals surface area contributed by atoms with Gasteiger partial charge in [0, 0.05) is 12.1 Å². The summed E-state index contributed by atoms with van der Waals surface area (Å²) in [7, 11) is 2.20. The summed E-state index contributed by atoms with van der Waals surface area (Å²) in [6, 6.07) is 11.9. The zero-order valence-electron chi connectivity index (χ0n) is 20.0. The van der Waals surface area contributed by atoms with Crippen molar-refractivity contribution in [1.82, 2.24) is 4.90 Å². The van der Waals surface area contributed by atoms with E-state index in [0.29, 0.717) is 12.1 Å². The summed E-state index contributed by atoms with van der Waals surface area (Å²) in [6.07, 6.45) is 23.0. The van der Waals surface area contributed by atoms with Crippen LogP contribution in [0.25, 0.3) is 0 Å². The zero-order valence-corrected chi connectivity index (χ0v) is 20.0. The number of aliphatic hydroxyl groups is 1. The second-order valence-corrected chi connectivity index (χ2v) is 9.83. The van der Waals surface area contributed by atoms with Gasteiger partial charge in [0.1, 0.15) is 0 Å². The third-order valence-electron chi connectivity index (χ3n) is 7.42. The highest BCUT2D eigenvalue weighted by atomic mass is 16.3. The molecule has 1 aliphatic heterocycles. The van der Waals surface area contributed by atoms with Gasteiger partial charge in [0.15, 0.2) is 0 Å². The van der Waals surface area contributed by atoms with Gasteiger partial charge in [-0.1, -0.05) is 107 Å². The summed E-state index contributed by atoms with van der Waals surface area (Å²) in [6.45, 7) is 2.17. The smallest absolute Gasteiger partial charge is 0.0693 e. The molecule has 0 aromatic heterocycles. The lowest BCUT2D eigenvalue weighted by molar-refractivity contribution is -0.000732. The lowest BCUT2D eigenvalue weighted by Gasteiger charge is -2.41. The van der Waals surface area contributed by atoms with Crippen molar-refractivity contribution in [1.29, 1.82) is 0 Å². The number of likely N-dealkylation sites (N-methyl/N-ethyl adjacent to an activating group) is 1. The molecule has 1 aromatic rings. The number of likely N-dealkylation sites (tertiary alicyclic amines) is 1. The molecule has 172 valence electrons. The van der Waals surface area contributed by atoms with Crippen molar-refractivity contribution in [2.45, 2.75) is 134 Å². The summed E-state index contributed by atoms with van der Waals surface area (Å²) in [5.74, 6) is 0. The zero-order chi connectivity index (χ0) is 21.4. The second-order valence-electron chi connectivity index (χ2n) is 9.83. The molecule has 1 saturated heterocycles. The van der Waals surface area contributed by atoms with E-state index >= 15 is 0 Å². The molecule has 0 aliphatic carbocycles. The van der Waals surface area contributed by atoms with E-state index in [2.05, 4.69) is 49.2 Å². The second kappa shape index (κ2) is 15.9. The molecule has 1 N–H and O–H groups in total. The van der Waals surface area contributed by atoms with Crippen molar-refractivity contribution in [2.24, 2.45) is 0 Å². The van der Waals surface area contributed by atoms with Gasteiger partial charge in [-0.2, -0.15) is 0 Å². The molecule has 3 unspecified atom stereocenters. The van der Waals surface area contributed by atoms with Crippen LogP contribution in [0.5, 0.6) is 0 Å². The number of piperidine rings is 1. The van der Waals surface area contributed by atoms with Gasteiger partial charge >= 0.3 is 0 Å². The molecule has 2 heteroatoms. The van der Waals surface area contributed by atoms with Crippen molar-refractivity contribution < 1.29 is 5.11 Å². The molecule has 0 bridgehead atoms. The Labute approximate surface area is 187 Å². The fourth-order valence-corrected chi connectivity index (χ4v) is 5.06. The van der Waals surface area contributed by atoms with Gasteiger partial charge in [0.2, 0.25) is 0 Å². The molecule has 2 nitrogen and oxygen atoms in total. The van der Waals surface area contributed by atoms with Crippen molar-refractivity contribution in [3.8, 4) is 0 Å². The summed E-state index contributed by atoms with van der Waals surface area (Å²) in [5, 5.41) is 9.96. The number of benzene rings is 1. The van der Waals surface area contributed by atoms with Crippen molar-refractivity contribution >= 4 is 0 Å². The lowest BCUT2D eigenvalue weighted by atomic mass is 9.91. The molecule has 2 rings (SSSR count). The first-order chi connectivity index (χ1) is 14.7. The van der Waals surface area contributed by atoms with E-state index in [0.717, 1.165) is 6.42 Å². The van der Waals surface area contributed by atoms with Crippen LogP contribution in [-0.2, 0) is 6.42 Å². The van der Waals surface area contributed by atoms with Gasteiger partial charge < -0.3 is 5.11 Å². The van der Waals surface area contributed by atoms with Gasteiger partial charge in [0.25, 0.3) is 0 Å². The van der Waals surface area contributed by atoms with Crippen molar-refractivity contribution in [3.63, 3.8) is 0 Å². The van der Waals surface area contributed by atoms with E-state index in [4.69, 9.17) is 0 Å². The average Bonchev–Trinajstić information content (AvgIpc) is 2.77. The maximum atomic E-state index is 9.96. The molecule has 3 atom stereocenters. The average molecular weight is 416 g/mol. The lowest BCUT2D eigenvalue weighted by Crippen LogP contribution is -2.49. The Morgan fingerprint density at radius 1 is 0.733 bits per heavy atom. The van der Waals surface area contributed by atoms with Crippen LogP contribution >= 0.6 is 0 Å². The Bertz CT molecular complexity index is 517. The van der Waals surface area contributed by atoms with Gasteiger partial charge in [-0.15, -0.1) is 0 Å². The highest BCUT2D eigenvalue weighted by Crippen LogP contribution is 2.25. The van der Waals surface area contributed by atoms with E-state index in [1.807, 2.05) is 0 Å². The minimum atomic E-state index is -0.120. The summed E-state index contributed by atoms with van der Waals surface area (Å²) in [5.41, 5.74) is 1.49. The maximum Gasteiger partial charge on any atom is 0.0693 e. The molecule has 1 aliphatic rings. The third-order valence-corrected chi connectivity index (χ3v) is 7.42. The maximum absolute atomic E-state index is 9.96. The number of rotatable bonds is 16. The summed E-state index contributed by atoms with van der Waals surface area (Å²) in [4.78, 5) is 2.41. The number of aryl methyl sites for hydroxylation is 1. The Morgan fingerprint density at radius 2 is 1.23 bits per heavy atom. The normalized spacial score (nSPS) is 22.4. The van der Waals surface area contributed by atoms with E-state index < -0.39 is 0 Å². The van der Waals surface area contributed by atoms with E-state index in [1.54, 1.807) is 0 Å². The summed E-state index contributed by atoms with van der Waals surface area (Å²) >= 11 is 0. The predicted octanol–water partition coefficient (Wildman–Crippen LogP) is 7.53. The van der Waals surface area contributed by atoms with Crippen LogP contribution in [0.1, 0.15) is 115 Å². The standard InChI is InChI=1S/C28H49NO/c1-25-28(30)24-23-27(29(25)2)22-18-13-11-9-7-5-3-4-6-8-10-12-15-19-26-20-16-14-17-21-26/h14,16-17,20-21,25,27-28,30H,3-13,15,18-19,22-24H2,1-2H3. The molecule has 1 heterocycles. The molecule has 1 fully saturated rings. The molecule has 0 saturated carbocycles. The van der Waals surface area contributed by atoms with Crippen LogP contribution < -0.4 is 0 Å². The third kappa shape index (κ3) is 10.4. The van der Waals surface area contributed by atoms with Gasteiger partial charge in [-0.25, -0.2) is 0 Å². The molecular weight excluding hydrogens is 366 g/mol. The minimum absolute atomic E-state index is 0.120. The van der Waals surface area contributed by atoms with Crippen LogP contribution in [0.4, 0.5) is 0 Å². The molecule has 0 radical (unpaired) electrons. The van der Waals surface area contributed by atoms with Crippen molar-refractivity contribution in [2.75, 3.05) is 7.05 Å². The van der Waals surface area contributed by atoms with Crippen LogP contribution in [0, 0.1) is 0 Å². The van der Waals surface area contributed by atoms with Gasteiger partial charge in [-0.05, 0) is 51.6 Å². The van der Waals surface area contributed by atoms with Crippen LogP contribution in [-0.4, -0.2) is 35.2 Å². The van der Waals surface area contributed by atoms with Crippen LogP contribution in [0.15, 0.2) is 30.3 Å². The Balaban J connectivity index is 1.29. The first kappa shape index (κ1) is 25.4. The molecular formula is C28H49NO. The highest BCUT2D eigenvalue weighted by molar-refractivity contribution is 5.14. The first-order valence-electron chi connectivity index (χ1n) is 13.1. The number of hydrogen-bond donors (Lipinski definition) is 1. The summed E-state index contributed by atoms with van der Waals surface area (Å²) < 4.78 is 0. The highest BCUT2D eigenvalue weighted by Gasteiger charge is 2.30. The first-order valence-corrected chi connectivity index (χ1v) is 13.1. The van der Waals surface area contributed by atoms with Gasteiger partial charge in [-0.3, -0.25) is 4.90 Å². The van der Waals surface area contributed by atoms with E-state index in [1.165, 1.54) is 108 Å². The van der Waals surface area contributed by atoms with Gasteiger partial charge in [0.05, 0.1) is 6.10 Å². The number of aliphatic hydroxyl groups excluding tert-OH is 1. The molecule has 0 spiro atoms. The number of unbranched alkanes of at least 4 members (excludes halogenated alkanes) is 12. The van der Waals surface area contributed by atoms with Crippen LogP contribution in [0.3, 0.4) is 0 Å². The number of nitrogens with zero attached hydrogens (tertiary/aromatic N) is 1. The topological polar surface area (TPSA) is 23.5 Å². The quantitative estimate of drug-likeness (QED) is 0.282. The van der Waals surface area contributed by atoms with E-state index in [9.17, 15) is 5.11 Å². The fourth-order valence-electron chi connectivity index (χ4n) is 5.06. The SMILES string of the molecule is CC1C(O)CCC(CCCCCCCCCCCCCCCc2ccccc2)N1C. The van der Waals surface area contributed by atoms with Crippen molar-refractivity contribution in [3.05, 3.63) is 35.9 Å². The van der Waals surface area contributed by atoms with E-state index in [-0.39, 0.29) is 6.10 Å². The minimum Gasteiger partial charge on any atom is -0.392 e.